The van der Waals surface area contributed by atoms with Gasteiger partial charge in [-0.2, -0.15) is 0 Å². The van der Waals surface area contributed by atoms with Gasteiger partial charge < -0.3 is 5.43 Å². The molecule has 0 aliphatic rings. The van der Waals surface area contributed by atoms with E-state index in [0.29, 0.717) is 22.5 Å². The van der Waals surface area contributed by atoms with Gasteiger partial charge in [0.25, 0.3) is 0 Å². The number of nitrogen functional groups attached to an aromatic ring is 1. The molecule has 0 saturated carbocycles. The molecule has 0 saturated heterocycles. The van der Waals surface area contributed by atoms with Crippen LogP contribution < -0.4 is 11.3 Å². The number of nitrogens with two attached hydrogens (primary N) is 1. The number of hydrogen-bond acceptors (Lipinski definition) is 4. The Balaban J connectivity index is 3.05. The number of nitrogens with one attached hydrogen (secondary N) is 1. The Morgan fingerprint density at radius 1 is 0.941 bits per heavy atom. The zero-order valence-electron chi connectivity index (χ0n) is 8.48. The molecule has 4 nitrogen and oxygen atoms in total. The van der Waals surface area contributed by atoms with Crippen molar-refractivity contribution in [2.45, 2.75) is 6.92 Å². The average Bonchev–Trinajstić information content (AvgIpc) is 2.32. The third-order valence-corrected chi connectivity index (χ3v) is 3.96. The molecule has 0 atom stereocenters. The predicted octanol–water partition coefficient (Wildman–Crippen LogP) is 3.84. The molecule has 1 aromatic carbocycles. The molecule has 0 fully saturated rings. The number of fused-ring (bicyclic) bond motifs is 1. The number of halogens is 4. The maximum Gasteiger partial charge on any atom is 0.153 e. The SMILES string of the molecule is Cc1nc(NN)c2c(Cl)c(Cl)c(Cl)c(Cl)c2n1. The summed E-state index contributed by atoms with van der Waals surface area (Å²) < 4.78 is 0. The highest BCUT2D eigenvalue weighted by Gasteiger charge is 2.19. The molecule has 0 radical (unpaired) electrons. The van der Waals surface area contributed by atoms with Crippen LogP contribution in [-0.2, 0) is 0 Å². The van der Waals surface area contributed by atoms with Gasteiger partial charge in [0.2, 0.25) is 0 Å². The van der Waals surface area contributed by atoms with Crippen molar-refractivity contribution < 1.29 is 0 Å². The summed E-state index contributed by atoms with van der Waals surface area (Å²) in [5.41, 5.74) is 2.84. The van der Waals surface area contributed by atoms with Gasteiger partial charge in [-0.1, -0.05) is 46.4 Å². The maximum atomic E-state index is 6.09. The lowest BCUT2D eigenvalue weighted by atomic mass is 10.2. The third-order valence-electron chi connectivity index (χ3n) is 2.16. The molecule has 0 unspecified atom stereocenters. The zero-order chi connectivity index (χ0) is 12.7. The predicted molar refractivity (Wildman–Crippen MR) is 72.1 cm³/mol. The van der Waals surface area contributed by atoms with E-state index >= 15 is 0 Å². The summed E-state index contributed by atoms with van der Waals surface area (Å²) in [6.07, 6.45) is 0. The summed E-state index contributed by atoms with van der Waals surface area (Å²) in [5, 5.41) is 1.18. The van der Waals surface area contributed by atoms with E-state index in [9.17, 15) is 0 Å². The normalized spacial score (nSPS) is 10.9. The van der Waals surface area contributed by atoms with Crippen molar-refractivity contribution in [3.8, 4) is 0 Å². The van der Waals surface area contributed by atoms with E-state index in [-0.39, 0.29) is 20.1 Å². The fraction of sp³-hybridized carbons (Fsp3) is 0.111. The lowest BCUT2D eigenvalue weighted by molar-refractivity contribution is 1.08. The van der Waals surface area contributed by atoms with Crippen molar-refractivity contribution in [2.24, 2.45) is 5.84 Å². The first kappa shape index (κ1) is 12.9. The Hall–Kier alpha value is -0.520. The molecule has 0 aliphatic carbocycles. The molecule has 0 spiro atoms. The number of aryl methyl sites for hydroxylation is 1. The van der Waals surface area contributed by atoms with Crippen LogP contribution in [0, 0.1) is 6.92 Å². The van der Waals surface area contributed by atoms with Crippen molar-refractivity contribution in [1.29, 1.82) is 0 Å². The fourth-order valence-corrected chi connectivity index (χ4v) is 2.42. The van der Waals surface area contributed by atoms with Crippen molar-refractivity contribution in [3.63, 3.8) is 0 Å². The van der Waals surface area contributed by atoms with Crippen molar-refractivity contribution >= 4 is 63.1 Å². The Bertz CT molecular complexity index is 614. The topological polar surface area (TPSA) is 63.8 Å². The molecule has 2 rings (SSSR count). The van der Waals surface area contributed by atoms with E-state index in [1.165, 1.54) is 0 Å². The fourth-order valence-electron chi connectivity index (χ4n) is 1.45. The van der Waals surface area contributed by atoms with Crippen LogP contribution in [0.3, 0.4) is 0 Å². The second kappa shape index (κ2) is 4.63. The van der Waals surface area contributed by atoms with E-state index in [1.807, 2.05) is 0 Å². The summed E-state index contributed by atoms with van der Waals surface area (Å²) in [5.74, 6) is 6.21. The number of aromatic nitrogens is 2. The van der Waals surface area contributed by atoms with Crippen LogP contribution in [0.25, 0.3) is 10.9 Å². The van der Waals surface area contributed by atoms with Gasteiger partial charge in [0.15, 0.2) is 5.82 Å². The van der Waals surface area contributed by atoms with Gasteiger partial charge in [0.05, 0.1) is 31.0 Å². The van der Waals surface area contributed by atoms with Crippen LogP contribution in [0.4, 0.5) is 5.82 Å². The molecule has 0 bridgehead atoms. The summed E-state index contributed by atoms with van der Waals surface area (Å²) in [6.45, 7) is 1.70. The first-order chi connectivity index (χ1) is 7.97. The van der Waals surface area contributed by atoms with E-state index < -0.39 is 0 Å². The first-order valence-corrected chi connectivity index (χ1v) is 5.95. The zero-order valence-corrected chi connectivity index (χ0v) is 11.5. The smallest absolute Gasteiger partial charge is 0.153 e. The molecule has 2 aromatic rings. The largest absolute Gasteiger partial charge is 0.308 e. The molecule has 0 amide bonds. The highest BCUT2D eigenvalue weighted by Crippen LogP contribution is 2.43. The standard InChI is InChI=1S/C9H6Cl4N4/c1-2-15-8-3(9(16-2)17-14)4(10)5(11)6(12)7(8)13/h14H2,1H3,(H,15,16,17). The number of nitrogens with zero attached hydrogens (tertiary/aromatic N) is 2. The Kier molecular flexibility index (Phi) is 3.52. The van der Waals surface area contributed by atoms with E-state index in [0.717, 1.165) is 0 Å². The van der Waals surface area contributed by atoms with Crippen LogP contribution in [0.2, 0.25) is 20.1 Å². The molecule has 3 N–H and O–H groups in total. The molecule has 90 valence electrons. The van der Waals surface area contributed by atoms with Gasteiger partial charge in [0.1, 0.15) is 5.82 Å². The van der Waals surface area contributed by atoms with Crippen molar-refractivity contribution in [3.05, 3.63) is 25.9 Å². The van der Waals surface area contributed by atoms with Crippen LogP contribution in [0.1, 0.15) is 5.82 Å². The minimum absolute atomic E-state index is 0.148. The lowest BCUT2D eigenvalue weighted by Gasteiger charge is -2.11. The molecular formula is C9H6Cl4N4. The van der Waals surface area contributed by atoms with E-state index in [4.69, 9.17) is 52.2 Å². The number of benzene rings is 1. The number of hydrogen-bond donors (Lipinski definition) is 2. The molecule has 1 aromatic heterocycles. The number of hydrazine groups is 1. The third kappa shape index (κ3) is 2.00. The molecular weight excluding hydrogens is 306 g/mol. The second-order valence-electron chi connectivity index (χ2n) is 3.24. The monoisotopic (exact) mass is 310 g/mol. The number of rotatable bonds is 1. The van der Waals surface area contributed by atoms with Gasteiger partial charge in [-0.3, -0.25) is 0 Å². The lowest BCUT2D eigenvalue weighted by Crippen LogP contribution is -2.10. The Labute approximate surface area is 117 Å². The van der Waals surface area contributed by atoms with Gasteiger partial charge >= 0.3 is 0 Å². The summed E-state index contributed by atoms with van der Waals surface area (Å²) in [4.78, 5) is 8.28. The summed E-state index contributed by atoms with van der Waals surface area (Å²) in [6, 6.07) is 0. The highest BCUT2D eigenvalue weighted by molar-refractivity contribution is 6.55. The Morgan fingerprint density at radius 3 is 2.12 bits per heavy atom. The molecule has 8 heteroatoms. The summed E-state index contributed by atoms with van der Waals surface area (Å²) in [7, 11) is 0. The number of anilines is 1. The molecule has 17 heavy (non-hydrogen) atoms. The van der Waals surface area contributed by atoms with Crippen LogP contribution in [0.15, 0.2) is 0 Å². The quantitative estimate of drug-likeness (QED) is 0.363. The molecule has 0 aliphatic heterocycles. The van der Waals surface area contributed by atoms with Gasteiger partial charge in [-0.25, -0.2) is 15.8 Å². The minimum Gasteiger partial charge on any atom is -0.308 e. The van der Waals surface area contributed by atoms with Crippen molar-refractivity contribution in [2.75, 3.05) is 5.43 Å². The van der Waals surface area contributed by atoms with Crippen LogP contribution in [-0.4, -0.2) is 9.97 Å². The average molecular weight is 312 g/mol. The first-order valence-electron chi connectivity index (χ1n) is 4.44. The van der Waals surface area contributed by atoms with E-state index in [2.05, 4.69) is 15.4 Å². The van der Waals surface area contributed by atoms with E-state index in [1.54, 1.807) is 6.92 Å². The minimum atomic E-state index is 0.148. The van der Waals surface area contributed by atoms with Crippen LogP contribution >= 0.6 is 46.4 Å². The molecule has 1 heterocycles. The van der Waals surface area contributed by atoms with Gasteiger partial charge in [0, 0.05) is 0 Å². The highest BCUT2D eigenvalue weighted by atomic mass is 35.5. The Morgan fingerprint density at radius 2 is 1.53 bits per heavy atom. The second-order valence-corrected chi connectivity index (χ2v) is 4.76. The van der Waals surface area contributed by atoms with Gasteiger partial charge in [-0.05, 0) is 6.92 Å². The van der Waals surface area contributed by atoms with Gasteiger partial charge in [-0.15, -0.1) is 0 Å². The van der Waals surface area contributed by atoms with Crippen LogP contribution in [0.5, 0.6) is 0 Å². The maximum absolute atomic E-state index is 6.09. The van der Waals surface area contributed by atoms with Crippen molar-refractivity contribution in [1.82, 2.24) is 9.97 Å². The summed E-state index contributed by atoms with van der Waals surface area (Å²) >= 11 is 24.1.